The Morgan fingerprint density at radius 2 is 2.00 bits per heavy atom. The number of hydrogen-bond donors (Lipinski definition) is 1. The molecule has 0 radical (unpaired) electrons. The first-order valence-corrected chi connectivity index (χ1v) is 11.1. The second kappa shape index (κ2) is 8.33. The lowest BCUT2D eigenvalue weighted by Gasteiger charge is -2.40. The molecule has 3 aromatic rings. The van der Waals surface area contributed by atoms with E-state index < -0.39 is 11.8 Å². The van der Waals surface area contributed by atoms with Crippen molar-refractivity contribution in [3.05, 3.63) is 73.8 Å². The van der Waals surface area contributed by atoms with E-state index in [1.165, 1.54) is 18.0 Å². The molecular formula is C22H24ClFN4O2S. The molecule has 2 aromatic carbocycles. The van der Waals surface area contributed by atoms with E-state index in [2.05, 4.69) is 19.4 Å². The van der Waals surface area contributed by atoms with Crippen LogP contribution in [0, 0.1) is 26.6 Å². The molecule has 0 spiro atoms. The molecule has 0 fully saturated rings. The molecule has 0 bridgehead atoms. The number of aromatic nitrogens is 2. The highest BCUT2D eigenvalue weighted by Gasteiger charge is 2.37. The van der Waals surface area contributed by atoms with E-state index >= 15 is 0 Å². The van der Waals surface area contributed by atoms with Gasteiger partial charge in [0.05, 0.1) is 12.4 Å². The number of hydrogen-bond acceptors (Lipinski definition) is 6. The number of halogens is 2. The molecule has 1 aromatic heterocycles. The van der Waals surface area contributed by atoms with Gasteiger partial charge in [0.1, 0.15) is 11.9 Å². The van der Waals surface area contributed by atoms with Gasteiger partial charge in [-0.15, -0.1) is 5.10 Å². The van der Waals surface area contributed by atoms with Crippen molar-refractivity contribution in [1.29, 1.82) is 0 Å². The average Bonchev–Trinajstić information content (AvgIpc) is 3.13. The minimum Gasteiger partial charge on any atom is -0.391 e. The first kappa shape index (κ1) is 21.9. The Labute approximate surface area is 189 Å². The van der Waals surface area contributed by atoms with Gasteiger partial charge < -0.3 is 9.32 Å². The molecule has 31 heavy (non-hydrogen) atoms. The Morgan fingerprint density at radius 1 is 1.26 bits per heavy atom. The summed E-state index contributed by atoms with van der Waals surface area (Å²) in [7, 11) is 1.97. The maximum Gasteiger partial charge on any atom is 0.434 e. The Kier molecular flexibility index (Phi) is 5.89. The van der Waals surface area contributed by atoms with Crippen molar-refractivity contribution in [3.63, 3.8) is 0 Å². The average molecular weight is 463 g/mol. The van der Waals surface area contributed by atoms with Gasteiger partial charge >= 0.3 is 5.76 Å². The molecule has 0 saturated heterocycles. The Hall–Kier alpha value is -2.29. The summed E-state index contributed by atoms with van der Waals surface area (Å²) in [5, 5.41) is 7.17. The summed E-state index contributed by atoms with van der Waals surface area (Å²) < 4.78 is 22.4. The van der Waals surface area contributed by atoms with Gasteiger partial charge in [0.25, 0.3) is 0 Å². The van der Waals surface area contributed by atoms with Gasteiger partial charge in [-0.2, -0.15) is 0 Å². The van der Waals surface area contributed by atoms with Crippen LogP contribution < -0.4 is 10.7 Å². The van der Waals surface area contributed by atoms with Gasteiger partial charge in [-0.25, -0.2) is 18.6 Å². The molecule has 6 nitrogen and oxygen atoms in total. The number of benzene rings is 2. The van der Waals surface area contributed by atoms with Crippen LogP contribution in [0.1, 0.15) is 47.0 Å². The minimum absolute atomic E-state index is 0.229. The zero-order chi connectivity index (χ0) is 22.4. The van der Waals surface area contributed by atoms with Crippen LogP contribution in [0.4, 0.5) is 10.1 Å². The third-order valence-corrected chi connectivity index (χ3v) is 7.41. The summed E-state index contributed by atoms with van der Waals surface area (Å²) in [5.41, 5.74) is 4.47. The minimum atomic E-state index is -0.632. The molecule has 1 N–H and O–H groups in total. The number of H-pyrrole nitrogens is 1. The topological polar surface area (TPSA) is 65.4 Å². The molecule has 0 saturated carbocycles. The lowest BCUT2D eigenvalue weighted by Crippen LogP contribution is -2.39. The SMILES string of the molecule is Cc1cc2c(cc1Cl)N(C)CN(C(c1n[nH]c(=O)o1)[C@H](C)c1c(F)ccc(C)c1C)S2. The Morgan fingerprint density at radius 3 is 2.68 bits per heavy atom. The standard InChI is InChI=1S/C22H24ClFN4O2S/c1-11-6-7-16(24)19(13(11)3)14(4)20(21-25-26-22(29)30-21)28-10-27(5)17-9-15(23)12(2)8-18(17)31-28/h6-9,14,20H,10H2,1-5H3,(H,26,29)/t14-,20?/m1/s1. The predicted octanol–water partition coefficient (Wildman–Crippen LogP) is 5.34. The van der Waals surface area contributed by atoms with Crippen molar-refractivity contribution in [3.8, 4) is 0 Å². The number of nitrogens with one attached hydrogen (secondary N) is 1. The number of fused-ring (bicyclic) bond motifs is 1. The normalized spacial score (nSPS) is 16.3. The first-order valence-electron chi connectivity index (χ1n) is 9.94. The summed E-state index contributed by atoms with van der Waals surface area (Å²) in [6.45, 7) is 8.28. The number of aromatic amines is 1. The molecule has 1 aliphatic heterocycles. The summed E-state index contributed by atoms with van der Waals surface area (Å²) in [4.78, 5) is 14.9. The molecule has 0 aliphatic carbocycles. The predicted molar refractivity (Wildman–Crippen MR) is 121 cm³/mol. The van der Waals surface area contributed by atoms with Gasteiger partial charge in [-0.3, -0.25) is 0 Å². The Bertz CT molecular complexity index is 1190. The van der Waals surface area contributed by atoms with E-state index in [1.807, 2.05) is 46.9 Å². The molecule has 0 amide bonds. The molecule has 4 rings (SSSR count). The number of aryl methyl sites for hydroxylation is 2. The zero-order valence-corrected chi connectivity index (χ0v) is 19.6. The van der Waals surface area contributed by atoms with Crippen LogP contribution in [0.25, 0.3) is 0 Å². The van der Waals surface area contributed by atoms with Gasteiger partial charge in [-0.05, 0) is 73.2 Å². The second-order valence-electron chi connectivity index (χ2n) is 8.00. The molecule has 2 atom stereocenters. The molecule has 1 unspecified atom stereocenters. The lowest BCUT2D eigenvalue weighted by molar-refractivity contribution is 0.256. The number of rotatable bonds is 4. The first-order chi connectivity index (χ1) is 14.7. The van der Waals surface area contributed by atoms with Crippen LogP contribution >= 0.6 is 23.5 Å². The highest BCUT2D eigenvalue weighted by molar-refractivity contribution is 7.97. The van der Waals surface area contributed by atoms with E-state index in [1.54, 1.807) is 6.07 Å². The highest BCUT2D eigenvalue weighted by atomic mass is 35.5. The van der Waals surface area contributed by atoms with E-state index in [-0.39, 0.29) is 17.6 Å². The Balaban J connectivity index is 1.81. The summed E-state index contributed by atoms with van der Waals surface area (Å²) >= 11 is 7.86. The molecule has 1 aliphatic rings. The highest BCUT2D eigenvalue weighted by Crippen LogP contribution is 2.47. The van der Waals surface area contributed by atoms with Crippen LogP contribution in [0.5, 0.6) is 0 Å². The lowest BCUT2D eigenvalue weighted by atomic mass is 9.87. The zero-order valence-electron chi connectivity index (χ0n) is 18.0. The number of nitrogens with zero attached hydrogens (tertiary/aromatic N) is 3. The van der Waals surface area contributed by atoms with Crippen molar-refractivity contribution in [2.45, 2.75) is 44.6 Å². The fraction of sp³-hybridized carbons (Fsp3) is 0.364. The van der Waals surface area contributed by atoms with E-state index in [0.717, 1.165) is 27.3 Å². The molecular weight excluding hydrogens is 439 g/mol. The van der Waals surface area contributed by atoms with Crippen molar-refractivity contribution >= 4 is 29.2 Å². The molecule has 9 heteroatoms. The monoisotopic (exact) mass is 462 g/mol. The van der Waals surface area contributed by atoms with Gasteiger partial charge in [0, 0.05) is 22.9 Å². The van der Waals surface area contributed by atoms with Crippen LogP contribution in [0.3, 0.4) is 0 Å². The third-order valence-electron chi connectivity index (χ3n) is 5.90. The van der Waals surface area contributed by atoms with Crippen molar-refractivity contribution < 1.29 is 8.81 Å². The van der Waals surface area contributed by atoms with E-state index in [9.17, 15) is 9.18 Å². The van der Waals surface area contributed by atoms with Crippen LogP contribution in [-0.2, 0) is 0 Å². The van der Waals surface area contributed by atoms with Crippen molar-refractivity contribution in [1.82, 2.24) is 14.5 Å². The van der Waals surface area contributed by atoms with Crippen LogP contribution in [0.15, 0.2) is 38.4 Å². The van der Waals surface area contributed by atoms with Gasteiger partial charge in [-0.1, -0.05) is 24.6 Å². The molecule has 2 heterocycles. The van der Waals surface area contributed by atoms with E-state index in [4.69, 9.17) is 16.0 Å². The second-order valence-corrected chi connectivity index (χ2v) is 9.50. The fourth-order valence-corrected chi connectivity index (χ4v) is 5.64. The largest absolute Gasteiger partial charge is 0.434 e. The summed E-state index contributed by atoms with van der Waals surface area (Å²) in [6.07, 6.45) is 0. The van der Waals surface area contributed by atoms with E-state index in [0.29, 0.717) is 17.3 Å². The summed E-state index contributed by atoms with van der Waals surface area (Å²) in [6, 6.07) is 6.77. The smallest absolute Gasteiger partial charge is 0.391 e. The number of anilines is 1. The maximum absolute atomic E-state index is 15.0. The van der Waals surface area contributed by atoms with Gasteiger partial charge in [0.15, 0.2) is 0 Å². The molecule has 164 valence electrons. The van der Waals surface area contributed by atoms with Crippen molar-refractivity contribution in [2.24, 2.45) is 0 Å². The fourth-order valence-electron chi connectivity index (χ4n) is 4.08. The maximum atomic E-state index is 15.0. The quantitative estimate of drug-likeness (QED) is 0.528. The van der Waals surface area contributed by atoms with Gasteiger partial charge in [0.2, 0.25) is 5.89 Å². The van der Waals surface area contributed by atoms with Crippen LogP contribution in [-0.4, -0.2) is 28.2 Å². The summed E-state index contributed by atoms with van der Waals surface area (Å²) in [5.74, 6) is -1.01. The van der Waals surface area contributed by atoms with Crippen LogP contribution in [0.2, 0.25) is 5.02 Å². The van der Waals surface area contributed by atoms with Crippen molar-refractivity contribution in [2.75, 3.05) is 18.6 Å². The third kappa shape index (κ3) is 4.00.